The van der Waals surface area contributed by atoms with Crippen LogP contribution in [0.1, 0.15) is 112 Å². The number of carbonyl (C=O) groups is 1. The molecule has 2 aromatic rings. The quantitative estimate of drug-likeness (QED) is 0.370. The van der Waals surface area contributed by atoms with Crippen LogP contribution < -0.4 is 0 Å². The van der Waals surface area contributed by atoms with Gasteiger partial charge in [-0.25, -0.2) is 0 Å². The van der Waals surface area contributed by atoms with Crippen molar-refractivity contribution >= 4 is 5.78 Å². The van der Waals surface area contributed by atoms with Crippen LogP contribution in [0.2, 0.25) is 0 Å². The monoisotopic (exact) mass is 430 g/mol. The van der Waals surface area contributed by atoms with Crippen molar-refractivity contribution in [2.75, 3.05) is 0 Å². The Labute approximate surface area is 196 Å². The number of hydrogen-bond donors (Lipinski definition) is 0. The van der Waals surface area contributed by atoms with Crippen LogP contribution in [0.4, 0.5) is 0 Å². The van der Waals surface area contributed by atoms with E-state index in [1.165, 1.54) is 73.6 Å². The molecule has 0 radical (unpaired) electrons. The lowest BCUT2D eigenvalue weighted by Crippen LogP contribution is -2.24. The van der Waals surface area contributed by atoms with Crippen LogP contribution in [0.5, 0.6) is 0 Å². The minimum Gasteiger partial charge on any atom is -0.298 e. The van der Waals surface area contributed by atoms with Gasteiger partial charge in [-0.1, -0.05) is 114 Å². The molecule has 32 heavy (non-hydrogen) atoms. The summed E-state index contributed by atoms with van der Waals surface area (Å²) in [4.78, 5) is 14.3. The van der Waals surface area contributed by atoms with Gasteiger partial charge in [0.05, 0.1) is 0 Å². The maximum Gasteiger partial charge on any atom is 0.147 e. The van der Waals surface area contributed by atoms with Gasteiger partial charge in [0.1, 0.15) is 5.78 Å². The molecule has 2 saturated carbocycles. The van der Waals surface area contributed by atoms with Crippen molar-refractivity contribution in [2.24, 2.45) is 11.8 Å². The minimum atomic E-state index is 0.0428. The van der Waals surface area contributed by atoms with Crippen molar-refractivity contribution in [3.8, 4) is 0 Å². The maximum atomic E-state index is 14.3. The molecule has 0 spiro atoms. The summed E-state index contributed by atoms with van der Waals surface area (Å²) in [7, 11) is 0. The molecule has 2 unspecified atom stereocenters. The second kappa shape index (κ2) is 11.3. The van der Waals surface area contributed by atoms with Crippen LogP contribution in [0.15, 0.2) is 48.5 Å². The van der Waals surface area contributed by atoms with Crippen molar-refractivity contribution in [3.63, 3.8) is 0 Å². The molecule has 4 rings (SSSR count). The van der Waals surface area contributed by atoms with Gasteiger partial charge < -0.3 is 0 Å². The van der Waals surface area contributed by atoms with E-state index in [1.807, 2.05) is 0 Å². The number of carbonyl (C=O) groups excluding carboxylic acids is 1. The van der Waals surface area contributed by atoms with E-state index in [-0.39, 0.29) is 11.8 Å². The third-order valence-electron chi connectivity index (χ3n) is 8.36. The van der Waals surface area contributed by atoms with Crippen LogP contribution >= 0.6 is 0 Å². The second-order valence-corrected chi connectivity index (χ2v) is 10.5. The van der Waals surface area contributed by atoms with Gasteiger partial charge in [0.2, 0.25) is 0 Å². The van der Waals surface area contributed by atoms with Crippen LogP contribution in [-0.2, 0) is 17.6 Å². The summed E-state index contributed by atoms with van der Waals surface area (Å²) in [5, 5.41) is 0. The van der Waals surface area contributed by atoms with E-state index in [0.29, 0.717) is 17.6 Å². The Balaban J connectivity index is 1.64. The van der Waals surface area contributed by atoms with Crippen LogP contribution in [0, 0.1) is 11.8 Å². The lowest BCUT2D eigenvalue weighted by atomic mass is 9.75. The summed E-state index contributed by atoms with van der Waals surface area (Å²) in [6.07, 6.45) is 14.7. The Morgan fingerprint density at radius 1 is 0.656 bits per heavy atom. The fraction of sp³-hybridized carbons (Fsp3) is 0.581. The summed E-state index contributed by atoms with van der Waals surface area (Å²) in [5.41, 5.74) is 5.22. The normalized spacial score (nSPS) is 19.3. The molecule has 2 fully saturated rings. The number of hydrogen-bond acceptors (Lipinski definition) is 1. The van der Waals surface area contributed by atoms with Gasteiger partial charge in [0, 0.05) is 11.8 Å². The van der Waals surface area contributed by atoms with Gasteiger partial charge in [-0.3, -0.25) is 4.79 Å². The Hall–Kier alpha value is -1.89. The fourth-order valence-corrected chi connectivity index (χ4v) is 6.21. The maximum absolute atomic E-state index is 14.3. The minimum absolute atomic E-state index is 0.0428. The van der Waals surface area contributed by atoms with Gasteiger partial charge in [-0.2, -0.15) is 0 Å². The van der Waals surface area contributed by atoms with Gasteiger partial charge in [-0.05, 0) is 59.8 Å². The molecule has 0 aromatic heterocycles. The highest BCUT2D eigenvalue weighted by molar-refractivity contribution is 5.91. The second-order valence-electron chi connectivity index (χ2n) is 10.5. The Bertz CT molecular complexity index is 764. The van der Waals surface area contributed by atoms with E-state index in [2.05, 4.69) is 62.4 Å². The van der Waals surface area contributed by atoms with Crippen molar-refractivity contribution in [3.05, 3.63) is 70.8 Å². The van der Waals surface area contributed by atoms with Gasteiger partial charge >= 0.3 is 0 Å². The smallest absolute Gasteiger partial charge is 0.147 e. The summed E-state index contributed by atoms with van der Waals surface area (Å²) >= 11 is 0. The van der Waals surface area contributed by atoms with E-state index in [0.717, 1.165) is 25.7 Å². The molecule has 0 amide bonds. The molecule has 172 valence electrons. The fourth-order valence-electron chi connectivity index (χ4n) is 6.21. The standard InChI is InChI=1S/C31H42O/c1-3-23-13-17-27(18-14-23)29(21-25-9-5-6-10-25)31(32)30(22-26-11-7-8-12-26)28-19-15-24(4-2)16-20-28/h13-20,25-26,29-30H,3-12,21-22H2,1-2H3. The van der Waals surface area contributed by atoms with Crippen LogP contribution in [0.25, 0.3) is 0 Å². The molecule has 2 aliphatic carbocycles. The number of ketones is 1. The first-order chi connectivity index (χ1) is 15.7. The Morgan fingerprint density at radius 3 is 1.31 bits per heavy atom. The van der Waals surface area contributed by atoms with E-state index in [9.17, 15) is 4.79 Å². The predicted octanol–water partition coefficient (Wildman–Crippen LogP) is 8.41. The third kappa shape index (κ3) is 5.72. The number of benzene rings is 2. The molecule has 0 N–H and O–H groups in total. The molecule has 2 atom stereocenters. The van der Waals surface area contributed by atoms with Crippen molar-refractivity contribution in [1.29, 1.82) is 0 Å². The van der Waals surface area contributed by atoms with Gasteiger partial charge in [0.25, 0.3) is 0 Å². The summed E-state index contributed by atoms with van der Waals surface area (Å²) in [6, 6.07) is 18.0. The zero-order valence-electron chi connectivity index (χ0n) is 20.3. The first kappa shape index (κ1) is 23.3. The third-order valence-corrected chi connectivity index (χ3v) is 8.36. The number of aryl methyl sites for hydroxylation is 2. The number of rotatable bonds is 10. The zero-order valence-corrected chi connectivity index (χ0v) is 20.3. The molecule has 0 saturated heterocycles. The lowest BCUT2D eigenvalue weighted by molar-refractivity contribution is -0.122. The summed E-state index contributed by atoms with van der Waals surface area (Å²) < 4.78 is 0. The largest absolute Gasteiger partial charge is 0.298 e. The van der Waals surface area contributed by atoms with Crippen molar-refractivity contribution < 1.29 is 4.79 Å². The molecule has 0 heterocycles. The van der Waals surface area contributed by atoms with Crippen LogP contribution in [-0.4, -0.2) is 5.78 Å². The number of Topliss-reactive ketones (excluding diaryl/α,β-unsaturated/α-hetero) is 1. The van der Waals surface area contributed by atoms with E-state index >= 15 is 0 Å². The molecule has 0 aliphatic heterocycles. The summed E-state index contributed by atoms with van der Waals surface area (Å²) in [5.74, 6) is 1.99. The predicted molar refractivity (Wildman–Crippen MR) is 135 cm³/mol. The first-order valence-electron chi connectivity index (χ1n) is 13.4. The zero-order chi connectivity index (χ0) is 22.3. The highest BCUT2D eigenvalue weighted by atomic mass is 16.1. The summed E-state index contributed by atoms with van der Waals surface area (Å²) in [6.45, 7) is 4.40. The topological polar surface area (TPSA) is 17.1 Å². The lowest BCUT2D eigenvalue weighted by Gasteiger charge is -2.27. The van der Waals surface area contributed by atoms with Gasteiger partial charge in [0.15, 0.2) is 0 Å². The van der Waals surface area contributed by atoms with E-state index in [4.69, 9.17) is 0 Å². The van der Waals surface area contributed by atoms with E-state index in [1.54, 1.807) is 0 Å². The van der Waals surface area contributed by atoms with Crippen molar-refractivity contribution in [2.45, 2.75) is 103 Å². The Morgan fingerprint density at radius 2 is 1.00 bits per heavy atom. The highest BCUT2D eigenvalue weighted by Crippen LogP contribution is 2.41. The molecule has 1 nitrogen and oxygen atoms in total. The molecular formula is C31H42O. The highest BCUT2D eigenvalue weighted by Gasteiger charge is 2.34. The molecule has 0 bridgehead atoms. The van der Waals surface area contributed by atoms with Crippen molar-refractivity contribution in [1.82, 2.24) is 0 Å². The van der Waals surface area contributed by atoms with Crippen LogP contribution in [0.3, 0.4) is 0 Å². The van der Waals surface area contributed by atoms with E-state index < -0.39 is 0 Å². The SMILES string of the molecule is CCc1ccc(C(CC2CCCC2)C(=O)C(CC2CCCC2)c2ccc(CC)cc2)cc1. The average molecular weight is 431 g/mol. The molecule has 2 aliphatic rings. The van der Waals surface area contributed by atoms with Gasteiger partial charge in [-0.15, -0.1) is 0 Å². The Kier molecular flexibility index (Phi) is 8.22. The molecular weight excluding hydrogens is 388 g/mol. The molecule has 2 aromatic carbocycles. The average Bonchev–Trinajstić information content (AvgIpc) is 3.55. The molecule has 1 heteroatoms. The first-order valence-corrected chi connectivity index (χ1v) is 13.4.